The molecule has 4 heterocycles. The summed E-state index contributed by atoms with van der Waals surface area (Å²) in [6, 6.07) is 89.3. The van der Waals surface area contributed by atoms with Gasteiger partial charge in [-0.3, -0.25) is 0 Å². The Hall–Kier alpha value is -9.32. The fourth-order valence-electron chi connectivity index (χ4n) is 10.8. The number of fused-ring (bicyclic) bond motifs is 10. The highest BCUT2D eigenvalue weighted by molar-refractivity contribution is 6.26. The predicted octanol–water partition coefficient (Wildman–Crippen LogP) is 16.4. The van der Waals surface area contributed by atoms with Crippen LogP contribution < -0.4 is 0 Å². The van der Waals surface area contributed by atoms with Crippen molar-refractivity contribution >= 4 is 65.4 Å². The van der Waals surface area contributed by atoms with Gasteiger partial charge >= 0.3 is 0 Å². The van der Waals surface area contributed by atoms with Crippen LogP contribution in [0.4, 0.5) is 0 Å². The topological polar surface area (TPSA) is 40.6 Å². The maximum absolute atomic E-state index is 5.32. The molecule has 14 aromatic rings. The van der Waals surface area contributed by atoms with Gasteiger partial charge in [0.2, 0.25) is 0 Å². The average Bonchev–Trinajstić information content (AvgIpc) is 4.07. The van der Waals surface area contributed by atoms with Crippen molar-refractivity contribution in [1.82, 2.24) is 23.7 Å². The minimum absolute atomic E-state index is 0.686. The molecule has 0 unspecified atom stereocenters. The molecule has 5 heteroatoms. The first-order valence-electron chi connectivity index (χ1n) is 23.5. The Kier molecular flexibility index (Phi) is 8.83. The third kappa shape index (κ3) is 6.18. The molecular formula is C64H41N5. The first-order valence-corrected chi connectivity index (χ1v) is 23.5. The van der Waals surface area contributed by atoms with Gasteiger partial charge in [0.25, 0.3) is 0 Å². The Morgan fingerprint density at radius 1 is 0.275 bits per heavy atom. The zero-order chi connectivity index (χ0) is 45.4. The molecule has 0 saturated carbocycles. The lowest BCUT2D eigenvalue weighted by Gasteiger charge is -2.18. The van der Waals surface area contributed by atoms with Gasteiger partial charge in [-0.2, -0.15) is 0 Å². The lowest BCUT2D eigenvalue weighted by Crippen LogP contribution is -2.00. The van der Waals surface area contributed by atoms with Crippen molar-refractivity contribution in [3.8, 4) is 62.1 Å². The Morgan fingerprint density at radius 3 is 1.45 bits per heavy atom. The molecular weight excluding hydrogens is 839 g/mol. The van der Waals surface area contributed by atoms with Gasteiger partial charge in [-0.25, -0.2) is 9.97 Å². The molecule has 4 aromatic heterocycles. The highest BCUT2D eigenvalue weighted by atomic mass is 15.0. The Balaban J connectivity index is 1.07. The number of para-hydroxylation sites is 5. The van der Waals surface area contributed by atoms with E-state index >= 15 is 0 Å². The highest BCUT2D eigenvalue weighted by Gasteiger charge is 2.23. The van der Waals surface area contributed by atoms with E-state index < -0.39 is 0 Å². The van der Waals surface area contributed by atoms with E-state index in [2.05, 4.69) is 238 Å². The van der Waals surface area contributed by atoms with E-state index in [1.807, 2.05) is 24.3 Å². The summed E-state index contributed by atoms with van der Waals surface area (Å²) in [5, 5.41) is 7.34. The van der Waals surface area contributed by atoms with Crippen LogP contribution >= 0.6 is 0 Å². The molecule has 322 valence electrons. The summed E-state index contributed by atoms with van der Waals surface area (Å²) >= 11 is 0. The first kappa shape index (κ1) is 38.9. The predicted molar refractivity (Wildman–Crippen MR) is 287 cm³/mol. The van der Waals surface area contributed by atoms with Crippen molar-refractivity contribution in [3.63, 3.8) is 0 Å². The van der Waals surface area contributed by atoms with E-state index in [1.54, 1.807) is 0 Å². The van der Waals surface area contributed by atoms with E-state index in [4.69, 9.17) is 9.97 Å². The quantitative estimate of drug-likeness (QED) is 0.160. The Bertz CT molecular complexity index is 4180. The molecule has 0 aliphatic rings. The van der Waals surface area contributed by atoms with Gasteiger partial charge in [0.05, 0.1) is 50.2 Å². The van der Waals surface area contributed by atoms with Gasteiger partial charge in [-0.1, -0.05) is 176 Å². The lowest BCUT2D eigenvalue weighted by molar-refractivity contribution is 1.16. The summed E-state index contributed by atoms with van der Waals surface area (Å²) < 4.78 is 7.33. The Morgan fingerprint density at radius 2 is 0.783 bits per heavy atom. The standard InChI is InChI=1S/C64H41N5/c1-4-19-42(20-5-1)54-41-55(66-64(65-54)43-21-6-2-7-22-43)45-35-37-60(53(40-45)44-23-18-26-47(39-44)67-56-31-14-10-27-48(56)49-28-11-15-32-57(49)67)69-59-34-17-13-30-52(59)62-61(69)38-36-51-50-29-12-16-33-58(50)68(63(51)62)46-24-8-3-9-25-46/h1-41H. The third-order valence-corrected chi connectivity index (χ3v) is 13.8. The molecule has 0 saturated heterocycles. The zero-order valence-corrected chi connectivity index (χ0v) is 37.4. The maximum Gasteiger partial charge on any atom is 0.160 e. The van der Waals surface area contributed by atoms with Crippen LogP contribution in [0.3, 0.4) is 0 Å². The van der Waals surface area contributed by atoms with Crippen LogP contribution in [-0.2, 0) is 0 Å². The smallest absolute Gasteiger partial charge is 0.160 e. The molecule has 0 radical (unpaired) electrons. The zero-order valence-electron chi connectivity index (χ0n) is 37.4. The molecule has 0 atom stereocenters. The minimum atomic E-state index is 0.686. The second-order valence-electron chi connectivity index (χ2n) is 17.7. The summed E-state index contributed by atoms with van der Waals surface area (Å²) in [6.07, 6.45) is 0. The fraction of sp³-hybridized carbons (Fsp3) is 0. The van der Waals surface area contributed by atoms with E-state index in [0.29, 0.717) is 5.82 Å². The average molecular weight is 880 g/mol. The summed E-state index contributed by atoms with van der Waals surface area (Å²) in [5.41, 5.74) is 17.2. The summed E-state index contributed by atoms with van der Waals surface area (Å²) in [7, 11) is 0. The molecule has 0 aliphatic heterocycles. The van der Waals surface area contributed by atoms with Crippen LogP contribution in [0, 0.1) is 0 Å². The van der Waals surface area contributed by atoms with Gasteiger partial charge in [0.15, 0.2) is 5.82 Å². The molecule has 0 bridgehead atoms. The lowest BCUT2D eigenvalue weighted by atomic mass is 9.97. The molecule has 10 aromatic carbocycles. The van der Waals surface area contributed by atoms with Crippen molar-refractivity contribution in [3.05, 3.63) is 249 Å². The SMILES string of the molecule is c1ccc(-c2cc(-c3ccc(-n4c5ccccc5c5c4ccc4c6ccccc6n(-c6ccccc6)c45)c(-c4cccc(-n5c6ccccc6c6ccccc65)c4)c3)nc(-c3ccccc3)n2)cc1. The number of nitrogens with zero attached hydrogens (tertiary/aromatic N) is 5. The van der Waals surface area contributed by atoms with Crippen molar-refractivity contribution in [2.45, 2.75) is 0 Å². The fourth-order valence-corrected chi connectivity index (χ4v) is 10.8. The van der Waals surface area contributed by atoms with Gasteiger partial charge in [0, 0.05) is 65.9 Å². The monoisotopic (exact) mass is 879 g/mol. The number of hydrogen-bond donors (Lipinski definition) is 0. The summed E-state index contributed by atoms with van der Waals surface area (Å²) in [4.78, 5) is 10.5. The molecule has 14 rings (SSSR count). The molecule has 0 fully saturated rings. The highest BCUT2D eigenvalue weighted by Crippen LogP contribution is 2.44. The van der Waals surface area contributed by atoms with Gasteiger partial charge in [-0.15, -0.1) is 0 Å². The number of aromatic nitrogens is 5. The van der Waals surface area contributed by atoms with Crippen LogP contribution in [0.5, 0.6) is 0 Å². The first-order chi connectivity index (χ1) is 34.2. The molecule has 0 aliphatic carbocycles. The van der Waals surface area contributed by atoms with Crippen molar-refractivity contribution < 1.29 is 0 Å². The third-order valence-electron chi connectivity index (χ3n) is 13.8. The molecule has 0 amide bonds. The second kappa shape index (κ2) is 15.7. The van der Waals surface area contributed by atoms with E-state index in [9.17, 15) is 0 Å². The van der Waals surface area contributed by atoms with Crippen LogP contribution in [0.15, 0.2) is 249 Å². The Labute approximate surface area is 398 Å². The van der Waals surface area contributed by atoms with Gasteiger partial charge in [0.1, 0.15) is 0 Å². The number of benzene rings is 10. The minimum Gasteiger partial charge on any atom is -0.309 e. The summed E-state index contributed by atoms with van der Waals surface area (Å²) in [6.45, 7) is 0. The van der Waals surface area contributed by atoms with Gasteiger partial charge < -0.3 is 13.7 Å². The van der Waals surface area contributed by atoms with E-state index in [1.165, 1.54) is 54.4 Å². The van der Waals surface area contributed by atoms with Crippen LogP contribution in [0.2, 0.25) is 0 Å². The van der Waals surface area contributed by atoms with Crippen LogP contribution in [-0.4, -0.2) is 23.7 Å². The maximum atomic E-state index is 5.32. The molecule has 0 spiro atoms. The van der Waals surface area contributed by atoms with Crippen molar-refractivity contribution in [2.75, 3.05) is 0 Å². The largest absolute Gasteiger partial charge is 0.309 e. The second-order valence-corrected chi connectivity index (χ2v) is 17.7. The van der Waals surface area contributed by atoms with Crippen molar-refractivity contribution in [2.24, 2.45) is 0 Å². The molecule has 69 heavy (non-hydrogen) atoms. The van der Waals surface area contributed by atoms with Crippen LogP contribution in [0.1, 0.15) is 0 Å². The summed E-state index contributed by atoms with van der Waals surface area (Å²) in [5.74, 6) is 0.686. The number of hydrogen-bond acceptors (Lipinski definition) is 2. The van der Waals surface area contributed by atoms with E-state index in [-0.39, 0.29) is 0 Å². The number of rotatable bonds is 7. The normalized spacial score (nSPS) is 11.8. The van der Waals surface area contributed by atoms with Crippen LogP contribution in [0.25, 0.3) is 128 Å². The molecule has 0 N–H and O–H groups in total. The van der Waals surface area contributed by atoms with Gasteiger partial charge in [-0.05, 0) is 78.4 Å². The molecule has 5 nitrogen and oxygen atoms in total. The van der Waals surface area contributed by atoms with E-state index in [0.717, 1.165) is 67.3 Å². The van der Waals surface area contributed by atoms with Crippen molar-refractivity contribution in [1.29, 1.82) is 0 Å².